The average Bonchev–Trinajstić information content (AvgIpc) is 2.53. The fraction of sp³-hybridized carbons (Fsp3) is 0.579. The van der Waals surface area contributed by atoms with E-state index in [-0.39, 0.29) is 23.5 Å². The number of hydrogen-bond acceptors (Lipinski definition) is 4. The van der Waals surface area contributed by atoms with Crippen LogP contribution in [0.15, 0.2) is 18.2 Å². The van der Waals surface area contributed by atoms with Gasteiger partial charge in [-0.15, -0.1) is 0 Å². The lowest BCUT2D eigenvalue weighted by molar-refractivity contribution is -0.167. The van der Waals surface area contributed by atoms with Crippen molar-refractivity contribution >= 4 is 11.9 Å². The summed E-state index contributed by atoms with van der Waals surface area (Å²) in [6.45, 7) is 2.11. The number of phenolic OH excluding ortho intramolecular Hbond substituents is 1. The second-order valence-electron chi connectivity index (χ2n) is 7.42. The Kier molecular flexibility index (Phi) is 4.06. The zero-order valence-electron chi connectivity index (χ0n) is 14.2. The lowest BCUT2D eigenvalue weighted by Crippen LogP contribution is -2.54. The molecule has 0 heterocycles. The molecule has 5 heteroatoms. The van der Waals surface area contributed by atoms with Gasteiger partial charge in [-0.05, 0) is 60.3 Å². The van der Waals surface area contributed by atoms with E-state index < -0.39 is 17.4 Å². The van der Waals surface area contributed by atoms with Gasteiger partial charge in [0.05, 0.1) is 18.9 Å². The molecule has 0 aromatic heterocycles. The number of carboxylic acid groups (broad SMARTS) is 1. The molecular weight excluding hydrogens is 308 g/mol. The van der Waals surface area contributed by atoms with E-state index in [2.05, 4.69) is 6.92 Å². The van der Waals surface area contributed by atoms with Crippen LogP contribution in [-0.2, 0) is 26.2 Å². The number of hydrogen-bond donors (Lipinski definition) is 2. The highest BCUT2D eigenvalue weighted by Crippen LogP contribution is 2.59. The Balaban J connectivity index is 2.09. The van der Waals surface area contributed by atoms with Crippen molar-refractivity contribution in [1.82, 2.24) is 0 Å². The third-order valence-corrected chi connectivity index (χ3v) is 6.27. The van der Waals surface area contributed by atoms with Crippen LogP contribution in [0.2, 0.25) is 0 Å². The number of fused-ring (bicyclic) bond motifs is 3. The highest BCUT2D eigenvalue weighted by Gasteiger charge is 2.58. The first-order chi connectivity index (χ1) is 11.3. The summed E-state index contributed by atoms with van der Waals surface area (Å²) in [7, 11) is 1.30. The highest BCUT2D eigenvalue weighted by molar-refractivity contribution is 5.83. The van der Waals surface area contributed by atoms with E-state index in [4.69, 9.17) is 4.74 Å². The fourth-order valence-corrected chi connectivity index (χ4v) is 5.16. The van der Waals surface area contributed by atoms with Gasteiger partial charge in [0.1, 0.15) is 5.75 Å². The van der Waals surface area contributed by atoms with Crippen LogP contribution in [0.1, 0.15) is 50.2 Å². The Hall–Kier alpha value is -2.04. The smallest absolute Gasteiger partial charge is 0.310 e. The summed E-state index contributed by atoms with van der Waals surface area (Å²) in [4.78, 5) is 24.2. The Morgan fingerprint density at radius 1 is 1.33 bits per heavy atom. The van der Waals surface area contributed by atoms with E-state index in [0.29, 0.717) is 12.8 Å². The maximum atomic E-state index is 12.2. The van der Waals surface area contributed by atoms with Crippen LogP contribution >= 0.6 is 0 Å². The Labute approximate surface area is 141 Å². The number of ether oxygens (including phenoxy) is 1. The van der Waals surface area contributed by atoms with Crippen molar-refractivity contribution in [3.8, 4) is 5.75 Å². The van der Waals surface area contributed by atoms with Crippen LogP contribution in [0.5, 0.6) is 5.75 Å². The van der Waals surface area contributed by atoms with E-state index in [0.717, 1.165) is 30.4 Å². The van der Waals surface area contributed by atoms with Crippen LogP contribution < -0.4 is 0 Å². The summed E-state index contributed by atoms with van der Waals surface area (Å²) >= 11 is 0. The van der Waals surface area contributed by atoms with E-state index >= 15 is 0 Å². The Bertz CT molecular complexity index is 682. The third kappa shape index (κ3) is 2.38. The molecule has 0 bridgehead atoms. The SMILES string of the molecule is COC(=O)C[C@@]1(C(=O)O)CCC[C@]2(C)c3ccc(O)cc3CC[C@@H]12. The van der Waals surface area contributed by atoms with Crippen molar-refractivity contribution in [2.45, 2.75) is 50.9 Å². The Morgan fingerprint density at radius 3 is 2.75 bits per heavy atom. The molecule has 3 atom stereocenters. The topological polar surface area (TPSA) is 83.8 Å². The van der Waals surface area contributed by atoms with E-state index in [1.807, 2.05) is 6.07 Å². The fourth-order valence-electron chi connectivity index (χ4n) is 5.16. The quantitative estimate of drug-likeness (QED) is 0.831. The minimum atomic E-state index is -1.07. The predicted octanol–water partition coefficient (Wildman–Crippen LogP) is 3.03. The van der Waals surface area contributed by atoms with Crippen molar-refractivity contribution in [2.24, 2.45) is 11.3 Å². The monoisotopic (exact) mass is 332 g/mol. The Morgan fingerprint density at radius 2 is 2.08 bits per heavy atom. The number of carbonyl (C=O) groups excluding carboxylic acids is 1. The summed E-state index contributed by atoms with van der Waals surface area (Å²) in [6, 6.07) is 5.38. The zero-order valence-corrected chi connectivity index (χ0v) is 14.2. The molecule has 5 nitrogen and oxygen atoms in total. The molecule has 2 aliphatic rings. The van der Waals surface area contributed by atoms with Crippen LogP contribution in [0.3, 0.4) is 0 Å². The predicted molar refractivity (Wildman–Crippen MR) is 87.8 cm³/mol. The molecule has 1 saturated carbocycles. The molecule has 1 fully saturated rings. The number of carboxylic acids is 1. The summed E-state index contributed by atoms with van der Waals surface area (Å²) < 4.78 is 4.79. The minimum absolute atomic E-state index is 0.0769. The van der Waals surface area contributed by atoms with Crippen molar-refractivity contribution in [3.63, 3.8) is 0 Å². The summed E-state index contributed by atoms with van der Waals surface area (Å²) in [5.41, 5.74) is 0.835. The van der Waals surface area contributed by atoms with Crippen molar-refractivity contribution < 1.29 is 24.5 Å². The first kappa shape index (κ1) is 16.8. The van der Waals surface area contributed by atoms with Gasteiger partial charge >= 0.3 is 11.9 Å². The minimum Gasteiger partial charge on any atom is -0.508 e. The van der Waals surface area contributed by atoms with Gasteiger partial charge < -0.3 is 14.9 Å². The highest BCUT2D eigenvalue weighted by atomic mass is 16.5. The van der Waals surface area contributed by atoms with E-state index in [1.165, 1.54) is 7.11 Å². The van der Waals surface area contributed by atoms with E-state index in [9.17, 15) is 19.8 Å². The summed E-state index contributed by atoms with van der Waals surface area (Å²) in [6.07, 6.45) is 3.51. The molecule has 0 radical (unpaired) electrons. The van der Waals surface area contributed by atoms with Gasteiger partial charge in [-0.1, -0.05) is 19.4 Å². The van der Waals surface area contributed by atoms with Crippen molar-refractivity contribution in [1.29, 1.82) is 0 Å². The van der Waals surface area contributed by atoms with Gasteiger partial charge in [0, 0.05) is 0 Å². The summed E-state index contributed by atoms with van der Waals surface area (Å²) in [5, 5.41) is 19.8. The van der Waals surface area contributed by atoms with Gasteiger partial charge in [0.2, 0.25) is 0 Å². The lowest BCUT2D eigenvalue weighted by atomic mass is 9.48. The molecule has 0 aliphatic heterocycles. The second-order valence-corrected chi connectivity index (χ2v) is 7.42. The molecule has 2 N–H and O–H groups in total. The number of methoxy groups -OCH3 is 1. The molecule has 1 aromatic carbocycles. The number of aryl methyl sites for hydroxylation is 1. The van der Waals surface area contributed by atoms with Gasteiger partial charge in [0.15, 0.2) is 0 Å². The van der Waals surface area contributed by atoms with Gasteiger partial charge in [0.25, 0.3) is 0 Å². The number of esters is 1. The number of aromatic hydroxyl groups is 1. The first-order valence-electron chi connectivity index (χ1n) is 8.46. The maximum absolute atomic E-state index is 12.2. The second kappa shape index (κ2) is 5.80. The lowest BCUT2D eigenvalue weighted by Gasteiger charge is -2.54. The van der Waals surface area contributed by atoms with Gasteiger partial charge in [-0.25, -0.2) is 0 Å². The average molecular weight is 332 g/mol. The third-order valence-electron chi connectivity index (χ3n) is 6.27. The largest absolute Gasteiger partial charge is 0.508 e. The molecule has 0 unspecified atom stereocenters. The van der Waals surface area contributed by atoms with Gasteiger partial charge in [-0.3, -0.25) is 9.59 Å². The number of rotatable bonds is 3. The normalized spacial score (nSPS) is 31.7. The van der Waals surface area contributed by atoms with Crippen LogP contribution in [0.25, 0.3) is 0 Å². The molecule has 130 valence electrons. The molecular formula is C19H24O5. The van der Waals surface area contributed by atoms with E-state index in [1.54, 1.807) is 12.1 Å². The number of benzene rings is 1. The standard InChI is InChI=1S/C19H24O5/c1-18-8-3-9-19(17(22)23,11-16(21)24-2)15(18)7-4-12-10-13(20)5-6-14(12)18/h5-6,10,15,20H,3-4,7-9,11H2,1-2H3,(H,22,23)/t15-,18-,19+/m1/s1. The molecule has 0 amide bonds. The number of aliphatic carboxylic acids is 1. The summed E-state index contributed by atoms with van der Waals surface area (Å²) in [5.74, 6) is -1.23. The molecule has 3 rings (SSSR count). The van der Waals surface area contributed by atoms with Gasteiger partial charge in [-0.2, -0.15) is 0 Å². The van der Waals surface area contributed by atoms with Crippen LogP contribution in [-0.4, -0.2) is 29.3 Å². The van der Waals surface area contributed by atoms with Crippen LogP contribution in [0, 0.1) is 11.3 Å². The van der Waals surface area contributed by atoms with Crippen molar-refractivity contribution in [2.75, 3.05) is 7.11 Å². The molecule has 0 saturated heterocycles. The molecule has 1 aromatic rings. The molecule has 2 aliphatic carbocycles. The van der Waals surface area contributed by atoms with Crippen molar-refractivity contribution in [3.05, 3.63) is 29.3 Å². The number of phenols is 1. The zero-order chi connectivity index (χ0) is 17.5. The first-order valence-corrected chi connectivity index (χ1v) is 8.46. The molecule has 24 heavy (non-hydrogen) atoms. The maximum Gasteiger partial charge on any atom is 0.310 e. The molecule has 0 spiro atoms. The number of carbonyl (C=O) groups is 2. The van der Waals surface area contributed by atoms with Crippen LogP contribution in [0.4, 0.5) is 0 Å².